The van der Waals surface area contributed by atoms with Gasteiger partial charge in [0.15, 0.2) is 0 Å². The average molecular weight is 175 g/mol. The van der Waals surface area contributed by atoms with Gasteiger partial charge in [0.1, 0.15) is 0 Å². The first-order valence-electron chi connectivity index (χ1n) is 5.00. The average Bonchev–Trinajstić information content (AvgIpc) is 2.59. The van der Waals surface area contributed by atoms with Gasteiger partial charge in [0, 0.05) is 5.69 Å². The third-order valence-electron chi connectivity index (χ3n) is 3.49. The molecule has 1 nitrogen and oxygen atoms in total. The molecule has 1 aromatic carbocycles. The molecule has 0 saturated carbocycles. The molecule has 1 aliphatic rings. The van der Waals surface area contributed by atoms with Crippen molar-refractivity contribution in [3.8, 4) is 0 Å². The number of benzene rings is 1. The summed E-state index contributed by atoms with van der Waals surface area (Å²) in [6.45, 7) is 6.50. The van der Waals surface area contributed by atoms with Gasteiger partial charge >= 0.3 is 0 Å². The van der Waals surface area contributed by atoms with E-state index in [1.54, 1.807) is 5.56 Å². The number of fused-ring (bicyclic) bond motifs is 1. The number of hydrogen-bond acceptors (Lipinski definition) is 1. The fourth-order valence-corrected chi connectivity index (χ4v) is 2.44. The van der Waals surface area contributed by atoms with Gasteiger partial charge in [-0.3, -0.25) is 0 Å². The van der Waals surface area contributed by atoms with E-state index in [-0.39, 0.29) is 0 Å². The quantitative estimate of drug-likeness (QED) is 0.603. The Bertz CT molecular complexity index is 329. The fourth-order valence-electron chi connectivity index (χ4n) is 2.44. The van der Waals surface area contributed by atoms with Gasteiger partial charge in [0.2, 0.25) is 0 Å². The molecule has 0 spiro atoms. The van der Waals surface area contributed by atoms with Crippen LogP contribution in [0.3, 0.4) is 0 Å². The molecular formula is C12H17N. The monoisotopic (exact) mass is 175 g/mol. The molecule has 1 heteroatoms. The molecule has 0 atom stereocenters. The fraction of sp³-hybridized carbons (Fsp3) is 0.500. The maximum atomic E-state index is 6.06. The third kappa shape index (κ3) is 1.06. The molecule has 0 aliphatic heterocycles. The molecule has 0 radical (unpaired) electrons. The molecule has 0 amide bonds. The van der Waals surface area contributed by atoms with Crippen LogP contribution < -0.4 is 5.73 Å². The van der Waals surface area contributed by atoms with Crippen molar-refractivity contribution in [3.63, 3.8) is 0 Å². The lowest BCUT2D eigenvalue weighted by Crippen LogP contribution is -2.02. The Hall–Kier alpha value is -0.980. The highest BCUT2D eigenvalue weighted by molar-refractivity contribution is 5.63. The topological polar surface area (TPSA) is 26.0 Å². The summed E-state index contributed by atoms with van der Waals surface area (Å²) >= 11 is 0. The van der Waals surface area contributed by atoms with Crippen molar-refractivity contribution in [2.45, 2.75) is 40.0 Å². The number of anilines is 1. The van der Waals surface area contributed by atoms with Gasteiger partial charge in [-0.2, -0.15) is 0 Å². The van der Waals surface area contributed by atoms with Crippen molar-refractivity contribution in [1.82, 2.24) is 0 Å². The Morgan fingerprint density at radius 2 is 1.38 bits per heavy atom. The van der Waals surface area contributed by atoms with Crippen molar-refractivity contribution in [1.29, 1.82) is 0 Å². The second-order valence-corrected chi connectivity index (χ2v) is 4.10. The van der Waals surface area contributed by atoms with Crippen LogP contribution in [0.4, 0.5) is 5.69 Å². The molecule has 0 fully saturated rings. The standard InChI is InChI=1S/C12H17N/c1-7-8(2)12(13)9(3)11-6-4-5-10(7)11/h4-6,13H2,1-3H3. The van der Waals surface area contributed by atoms with Crippen molar-refractivity contribution >= 4 is 5.69 Å². The lowest BCUT2D eigenvalue weighted by molar-refractivity contribution is 0.907. The van der Waals surface area contributed by atoms with Gasteiger partial charge in [-0.25, -0.2) is 0 Å². The molecule has 0 unspecified atom stereocenters. The van der Waals surface area contributed by atoms with E-state index in [4.69, 9.17) is 5.73 Å². The smallest absolute Gasteiger partial charge is 0.0379 e. The molecule has 0 saturated heterocycles. The Morgan fingerprint density at radius 1 is 0.846 bits per heavy atom. The summed E-state index contributed by atoms with van der Waals surface area (Å²) in [7, 11) is 0. The minimum atomic E-state index is 1.01. The highest BCUT2D eigenvalue weighted by atomic mass is 14.6. The van der Waals surface area contributed by atoms with Crippen LogP contribution in [0.1, 0.15) is 34.2 Å². The maximum absolute atomic E-state index is 6.06. The van der Waals surface area contributed by atoms with Crippen LogP contribution in [-0.2, 0) is 12.8 Å². The molecule has 1 aliphatic carbocycles. The van der Waals surface area contributed by atoms with Crippen LogP contribution in [0, 0.1) is 20.8 Å². The minimum absolute atomic E-state index is 1.01. The summed E-state index contributed by atoms with van der Waals surface area (Å²) < 4.78 is 0. The first-order valence-corrected chi connectivity index (χ1v) is 5.00. The first kappa shape index (κ1) is 8.61. The lowest BCUT2D eigenvalue weighted by atomic mass is 9.93. The van der Waals surface area contributed by atoms with Crippen LogP contribution in [0.25, 0.3) is 0 Å². The number of rotatable bonds is 0. The van der Waals surface area contributed by atoms with E-state index in [1.165, 1.54) is 41.5 Å². The predicted octanol–water partition coefficient (Wildman–Crippen LogP) is 2.68. The van der Waals surface area contributed by atoms with Crippen molar-refractivity contribution in [2.24, 2.45) is 0 Å². The van der Waals surface area contributed by atoms with Gasteiger partial charge in [0.05, 0.1) is 0 Å². The second-order valence-electron chi connectivity index (χ2n) is 4.10. The van der Waals surface area contributed by atoms with Crippen molar-refractivity contribution in [2.75, 3.05) is 5.73 Å². The Balaban J connectivity index is 2.77. The van der Waals surface area contributed by atoms with Gasteiger partial charge in [-0.1, -0.05) is 0 Å². The van der Waals surface area contributed by atoms with E-state index in [0.29, 0.717) is 0 Å². The molecule has 2 N–H and O–H groups in total. The van der Waals surface area contributed by atoms with Crippen LogP contribution >= 0.6 is 0 Å². The van der Waals surface area contributed by atoms with Crippen LogP contribution in [0.5, 0.6) is 0 Å². The van der Waals surface area contributed by atoms with Gasteiger partial charge < -0.3 is 5.73 Å². The lowest BCUT2D eigenvalue weighted by Gasteiger charge is -2.14. The third-order valence-corrected chi connectivity index (χ3v) is 3.49. The summed E-state index contributed by atoms with van der Waals surface area (Å²) in [5.41, 5.74) is 14.2. The molecule has 70 valence electrons. The Morgan fingerprint density at radius 3 is 2.00 bits per heavy atom. The molecule has 0 bridgehead atoms. The predicted molar refractivity (Wildman–Crippen MR) is 57.1 cm³/mol. The molecule has 0 aromatic heterocycles. The summed E-state index contributed by atoms with van der Waals surface area (Å²) in [4.78, 5) is 0. The summed E-state index contributed by atoms with van der Waals surface area (Å²) in [5, 5.41) is 0. The normalized spacial score (nSPS) is 14.7. The molecule has 2 rings (SSSR count). The number of nitrogen functional groups attached to an aromatic ring is 1. The van der Waals surface area contributed by atoms with E-state index in [9.17, 15) is 0 Å². The van der Waals surface area contributed by atoms with Crippen LogP contribution in [0.2, 0.25) is 0 Å². The van der Waals surface area contributed by atoms with Gasteiger partial charge in [0.25, 0.3) is 0 Å². The van der Waals surface area contributed by atoms with Crippen LogP contribution in [-0.4, -0.2) is 0 Å². The molecule has 0 heterocycles. The zero-order chi connectivity index (χ0) is 9.59. The van der Waals surface area contributed by atoms with Gasteiger partial charge in [-0.05, 0) is 67.9 Å². The van der Waals surface area contributed by atoms with E-state index in [2.05, 4.69) is 20.8 Å². The second kappa shape index (κ2) is 2.76. The van der Waals surface area contributed by atoms with E-state index >= 15 is 0 Å². The molecule has 13 heavy (non-hydrogen) atoms. The first-order chi connectivity index (χ1) is 6.13. The summed E-state index contributed by atoms with van der Waals surface area (Å²) in [5.74, 6) is 0. The SMILES string of the molecule is Cc1c(C)c2c(c(C)c1N)CCC2. The largest absolute Gasteiger partial charge is 0.398 e. The molecule has 1 aromatic rings. The maximum Gasteiger partial charge on any atom is 0.0379 e. The van der Waals surface area contributed by atoms with E-state index < -0.39 is 0 Å². The number of hydrogen-bond donors (Lipinski definition) is 1. The van der Waals surface area contributed by atoms with E-state index in [1.807, 2.05) is 0 Å². The number of nitrogens with two attached hydrogens (primary N) is 1. The minimum Gasteiger partial charge on any atom is -0.398 e. The van der Waals surface area contributed by atoms with Crippen molar-refractivity contribution < 1.29 is 0 Å². The van der Waals surface area contributed by atoms with Gasteiger partial charge in [-0.15, -0.1) is 0 Å². The van der Waals surface area contributed by atoms with E-state index in [0.717, 1.165) is 5.69 Å². The molecular weight excluding hydrogens is 158 g/mol. The Labute approximate surface area is 80.0 Å². The highest BCUT2D eigenvalue weighted by Crippen LogP contribution is 2.34. The highest BCUT2D eigenvalue weighted by Gasteiger charge is 2.19. The zero-order valence-electron chi connectivity index (χ0n) is 8.70. The summed E-state index contributed by atoms with van der Waals surface area (Å²) in [6, 6.07) is 0. The zero-order valence-corrected chi connectivity index (χ0v) is 8.70. The van der Waals surface area contributed by atoms with Crippen molar-refractivity contribution in [3.05, 3.63) is 27.8 Å². The summed E-state index contributed by atoms with van der Waals surface area (Å²) in [6.07, 6.45) is 3.79. The Kier molecular flexibility index (Phi) is 1.83. The van der Waals surface area contributed by atoms with Crippen LogP contribution in [0.15, 0.2) is 0 Å².